The van der Waals surface area contributed by atoms with Crippen LogP contribution in [0.1, 0.15) is 20.8 Å². The summed E-state index contributed by atoms with van der Waals surface area (Å²) in [5.41, 5.74) is 5.90. The maximum Gasteiger partial charge on any atom is 0.311 e. The van der Waals surface area contributed by atoms with Crippen molar-refractivity contribution >= 4 is 5.69 Å². The molecule has 0 saturated carbocycles. The van der Waals surface area contributed by atoms with E-state index in [0.29, 0.717) is 5.69 Å². The molecular formula is C12H18F3NO. The van der Waals surface area contributed by atoms with Gasteiger partial charge in [0.25, 0.3) is 0 Å². The summed E-state index contributed by atoms with van der Waals surface area (Å²) < 4.78 is 42.7. The van der Waals surface area contributed by atoms with Gasteiger partial charge in [0.2, 0.25) is 0 Å². The van der Waals surface area contributed by atoms with Gasteiger partial charge >= 0.3 is 5.92 Å². The van der Waals surface area contributed by atoms with Crippen molar-refractivity contribution in [3.63, 3.8) is 0 Å². The molecule has 0 saturated heterocycles. The molecule has 0 aliphatic carbocycles. The Labute approximate surface area is 99.6 Å². The Morgan fingerprint density at radius 2 is 1.71 bits per heavy atom. The van der Waals surface area contributed by atoms with Gasteiger partial charge in [0, 0.05) is 5.69 Å². The van der Waals surface area contributed by atoms with E-state index in [0.717, 1.165) is 6.92 Å². The molecule has 17 heavy (non-hydrogen) atoms. The van der Waals surface area contributed by atoms with E-state index in [1.165, 1.54) is 24.3 Å². The fraction of sp³-hybridized carbons (Fsp3) is 0.500. The van der Waals surface area contributed by atoms with Crippen LogP contribution in [0, 0.1) is 0 Å². The summed E-state index contributed by atoms with van der Waals surface area (Å²) in [6.07, 6.45) is -2.23. The summed E-state index contributed by atoms with van der Waals surface area (Å²) in [5.74, 6) is -3.23. The molecule has 98 valence electrons. The molecule has 0 aromatic heterocycles. The second-order valence-electron chi connectivity index (χ2n) is 3.23. The number of hydrogen-bond acceptors (Lipinski definition) is 2. The van der Waals surface area contributed by atoms with Crippen molar-refractivity contribution in [2.45, 2.75) is 32.9 Å². The van der Waals surface area contributed by atoms with Gasteiger partial charge in [0.15, 0.2) is 12.8 Å². The van der Waals surface area contributed by atoms with Crippen LogP contribution in [-0.4, -0.2) is 18.7 Å². The lowest BCUT2D eigenvalue weighted by Gasteiger charge is -2.18. The van der Waals surface area contributed by atoms with Gasteiger partial charge in [-0.15, -0.1) is 0 Å². The van der Waals surface area contributed by atoms with Crippen molar-refractivity contribution in [1.29, 1.82) is 0 Å². The molecular weight excluding hydrogens is 231 g/mol. The minimum atomic E-state index is -3.47. The summed E-state index contributed by atoms with van der Waals surface area (Å²) >= 11 is 0. The topological polar surface area (TPSA) is 35.2 Å². The van der Waals surface area contributed by atoms with Crippen molar-refractivity contribution in [2.75, 3.05) is 12.3 Å². The third-order valence-electron chi connectivity index (χ3n) is 1.89. The second-order valence-corrected chi connectivity index (χ2v) is 3.23. The van der Waals surface area contributed by atoms with Crippen molar-refractivity contribution in [1.82, 2.24) is 0 Å². The van der Waals surface area contributed by atoms with E-state index in [2.05, 4.69) is 0 Å². The quantitative estimate of drug-likeness (QED) is 0.826. The van der Waals surface area contributed by atoms with Crippen LogP contribution in [0.5, 0.6) is 5.75 Å². The highest BCUT2D eigenvalue weighted by Gasteiger charge is 2.37. The van der Waals surface area contributed by atoms with Gasteiger partial charge in [0.05, 0.1) is 0 Å². The summed E-state index contributed by atoms with van der Waals surface area (Å²) in [7, 11) is 0. The molecule has 1 atom stereocenters. The first-order valence-electron chi connectivity index (χ1n) is 5.42. The van der Waals surface area contributed by atoms with Crippen LogP contribution in [0.15, 0.2) is 24.3 Å². The van der Waals surface area contributed by atoms with Gasteiger partial charge in [-0.25, -0.2) is 4.39 Å². The van der Waals surface area contributed by atoms with Crippen molar-refractivity contribution in [3.8, 4) is 5.75 Å². The Bertz CT molecular complexity index is 312. The summed E-state index contributed by atoms with van der Waals surface area (Å²) in [5, 5.41) is 0. The Morgan fingerprint density at radius 1 is 1.24 bits per heavy atom. The Hall–Kier alpha value is -1.39. The molecule has 0 radical (unpaired) electrons. The van der Waals surface area contributed by atoms with Crippen molar-refractivity contribution in [2.24, 2.45) is 0 Å². The van der Waals surface area contributed by atoms with Gasteiger partial charge in [-0.3, -0.25) is 0 Å². The third-order valence-corrected chi connectivity index (χ3v) is 1.89. The zero-order valence-electron chi connectivity index (χ0n) is 10.2. The zero-order valence-corrected chi connectivity index (χ0v) is 10.2. The molecule has 0 aliphatic heterocycles. The first kappa shape index (κ1) is 15.6. The Kier molecular flexibility index (Phi) is 6.46. The highest BCUT2D eigenvalue weighted by molar-refractivity contribution is 5.41. The molecule has 0 heterocycles. The number of nitrogens with two attached hydrogens (primary N) is 1. The summed E-state index contributed by atoms with van der Waals surface area (Å²) in [6, 6.07) is 5.95. The number of benzene rings is 1. The molecule has 2 nitrogen and oxygen atoms in total. The van der Waals surface area contributed by atoms with Gasteiger partial charge in [0.1, 0.15) is 5.75 Å². The Balaban J connectivity index is 0.00000121. The number of rotatable bonds is 4. The van der Waals surface area contributed by atoms with Crippen LogP contribution >= 0.6 is 0 Å². The molecule has 1 rings (SSSR count). The number of nitrogen functional groups attached to an aromatic ring is 1. The molecule has 0 bridgehead atoms. The second kappa shape index (κ2) is 7.04. The van der Waals surface area contributed by atoms with E-state index >= 15 is 0 Å². The minimum Gasteiger partial charge on any atom is -0.487 e. The molecule has 0 amide bonds. The predicted molar refractivity (Wildman–Crippen MR) is 63.2 cm³/mol. The van der Waals surface area contributed by atoms with Crippen LogP contribution in [0.25, 0.3) is 0 Å². The average Bonchev–Trinajstić information content (AvgIpc) is 2.31. The lowest BCUT2D eigenvalue weighted by Crippen LogP contribution is -2.34. The molecule has 1 aromatic carbocycles. The van der Waals surface area contributed by atoms with E-state index in [-0.39, 0.29) is 5.75 Å². The standard InChI is InChI=1S/C10H12F3NO.C2H6/c1-7(11)10(12,13)6-15-9-4-2-8(14)3-5-9;1-2/h2-5,7H,6,14H2,1H3;1-2H3. The zero-order chi connectivity index (χ0) is 13.5. The molecule has 2 N–H and O–H groups in total. The van der Waals surface area contributed by atoms with Crippen molar-refractivity contribution < 1.29 is 17.9 Å². The minimum absolute atomic E-state index is 0.240. The smallest absolute Gasteiger partial charge is 0.311 e. The van der Waals surface area contributed by atoms with Gasteiger partial charge < -0.3 is 10.5 Å². The fourth-order valence-electron chi connectivity index (χ4n) is 0.858. The first-order valence-corrected chi connectivity index (χ1v) is 5.42. The molecule has 0 spiro atoms. The summed E-state index contributed by atoms with van der Waals surface area (Å²) in [6.45, 7) is 3.82. The first-order chi connectivity index (χ1) is 7.92. The van der Waals surface area contributed by atoms with Crippen LogP contribution in [-0.2, 0) is 0 Å². The maximum atomic E-state index is 12.8. The number of anilines is 1. The third kappa shape index (κ3) is 5.47. The molecule has 0 aliphatic rings. The van der Waals surface area contributed by atoms with Gasteiger partial charge in [-0.2, -0.15) is 8.78 Å². The normalized spacial score (nSPS) is 12.4. The predicted octanol–water partition coefficient (Wildman–Crippen LogP) is 3.67. The monoisotopic (exact) mass is 249 g/mol. The van der Waals surface area contributed by atoms with E-state index in [4.69, 9.17) is 10.5 Å². The average molecular weight is 249 g/mol. The number of ether oxygens (including phenoxy) is 1. The number of hydrogen-bond donors (Lipinski definition) is 1. The van der Waals surface area contributed by atoms with E-state index in [1.807, 2.05) is 13.8 Å². The molecule has 5 heteroatoms. The van der Waals surface area contributed by atoms with Crippen LogP contribution in [0.3, 0.4) is 0 Å². The molecule has 1 unspecified atom stereocenters. The van der Waals surface area contributed by atoms with Crippen molar-refractivity contribution in [3.05, 3.63) is 24.3 Å². The molecule has 1 aromatic rings. The Morgan fingerprint density at radius 3 is 2.12 bits per heavy atom. The number of halogens is 3. The van der Waals surface area contributed by atoms with E-state index < -0.39 is 18.7 Å². The van der Waals surface area contributed by atoms with E-state index in [9.17, 15) is 13.2 Å². The highest BCUT2D eigenvalue weighted by atomic mass is 19.3. The van der Waals surface area contributed by atoms with Gasteiger partial charge in [-0.05, 0) is 31.2 Å². The number of alkyl halides is 3. The summed E-state index contributed by atoms with van der Waals surface area (Å²) in [4.78, 5) is 0. The fourth-order valence-corrected chi connectivity index (χ4v) is 0.858. The van der Waals surface area contributed by atoms with Crippen LogP contribution in [0.4, 0.5) is 18.9 Å². The SMILES string of the molecule is CC.CC(F)C(F)(F)COc1ccc(N)cc1. The van der Waals surface area contributed by atoms with Gasteiger partial charge in [-0.1, -0.05) is 13.8 Å². The van der Waals surface area contributed by atoms with Crippen LogP contribution in [0.2, 0.25) is 0 Å². The largest absolute Gasteiger partial charge is 0.487 e. The molecule has 0 fully saturated rings. The maximum absolute atomic E-state index is 12.8. The van der Waals surface area contributed by atoms with E-state index in [1.54, 1.807) is 0 Å². The lowest BCUT2D eigenvalue weighted by molar-refractivity contribution is -0.0941. The lowest BCUT2D eigenvalue weighted by atomic mass is 10.2. The van der Waals surface area contributed by atoms with Crippen LogP contribution < -0.4 is 10.5 Å². The highest BCUT2D eigenvalue weighted by Crippen LogP contribution is 2.23.